The van der Waals surface area contributed by atoms with Crippen molar-refractivity contribution >= 4 is 32.4 Å². The van der Waals surface area contributed by atoms with Crippen molar-refractivity contribution in [1.29, 1.82) is 5.26 Å². The van der Waals surface area contributed by atoms with Gasteiger partial charge in [0.05, 0.1) is 28.9 Å². The van der Waals surface area contributed by atoms with Crippen LogP contribution in [0.1, 0.15) is 31.4 Å². The average Bonchev–Trinajstić information content (AvgIpc) is 3.49. The van der Waals surface area contributed by atoms with Crippen molar-refractivity contribution in [3.8, 4) is 34.2 Å². The van der Waals surface area contributed by atoms with Gasteiger partial charge in [0.25, 0.3) is 10.0 Å². The van der Waals surface area contributed by atoms with Gasteiger partial charge in [-0.2, -0.15) is 24.2 Å². The number of benzene rings is 2. The van der Waals surface area contributed by atoms with Crippen LogP contribution in [0.25, 0.3) is 33.3 Å². The summed E-state index contributed by atoms with van der Waals surface area (Å²) in [5, 5.41) is 19.1. The van der Waals surface area contributed by atoms with Crippen molar-refractivity contribution in [3.05, 3.63) is 72.4 Å². The predicted molar refractivity (Wildman–Crippen MR) is 156 cm³/mol. The van der Waals surface area contributed by atoms with Gasteiger partial charge in [0.15, 0.2) is 0 Å². The molecule has 226 valence electrons. The first kappa shape index (κ1) is 29.0. The average molecular weight is 623 g/mol. The van der Waals surface area contributed by atoms with E-state index in [1.807, 2.05) is 4.72 Å². The molecule has 1 unspecified atom stereocenters. The van der Waals surface area contributed by atoms with Gasteiger partial charge < -0.3 is 10.5 Å². The first-order chi connectivity index (χ1) is 20.9. The van der Waals surface area contributed by atoms with E-state index in [1.165, 1.54) is 42.5 Å². The molecular formula is C29H25F3N8O3S. The minimum absolute atomic E-state index is 0.0717. The third-order valence-corrected chi connectivity index (χ3v) is 8.51. The van der Waals surface area contributed by atoms with Crippen molar-refractivity contribution in [2.45, 2.75) is 37.2 Å². The molecule has 3 N–H and O–H groups in total. The zero-order valence-electron chi connectivity index (χ0n) is 23.4. The van der Waals surface area contributed by atoms with Gasteiger partial charge in [-0.15, -0.1) is 0 Å². The maximum Gasteiger partial charge on any atom is 0.355 e. The van der Waals surface area contributed by atoms with Gasteiger partial charge in [0.1, 0.15) is 34.7 Å². The molecule has 1 fully saturated rings. The van der Waals surface area contributed by atoms with E-state index in [0.29, 0.717) is 51.7 Å². The molecule has 0 amide bonds. The van der Waals surface area contributed by atoms with Crippen LogP contribution >= 0.6 is 0 Å². The molecule has 3 aromatic heterocycles. The van der Waals surface area contributed by atoms with E-state index >= 15 is 0 Å². The summed E-state index contributed by atoms with van der Waals surface area (Å²) in [5.41, 5.74) is 8.83. The standard InChI is InChI=1S/C29H25F3N8O3S/c1-16(17-3-6-20(30)7-4-17)43-23-11-18(5-8-22(23)38-44(41,42)28(31)32)25-24-26(39(2)37-25)21(13-35-27(24)34)19-12-36-40(14-19)29(15-33)9-10-29/h3-8,11-14,16,28,38H,9-10H2,1-2H3,(H2,34,35). The Morgan fingerprint density at radius 2 is 1.86 bits per heavy atom. The van der Waals surface area contributed by atoms with E-state index in [-0.39, 0.29) is 17.3 Å². The lowest BCUT2D eigenvalue weighted by molar-refractivity contribution is 0.228. The minimum Gasteiger partial charge on any atom is -0.484 e. The highest BCUT2D eigenvalue weighted by Crippen LogP contribution is 2.44. The van der Waals surface area contributed by atoms with Gasteiger partial charge in [-0.05, 0) is 49.6 Å². The van der Waals surface area contributed by atoms with Crippen LogP contribution in [0.2, 0.25) is 0 Å². The van der Waals surface area contributed by atoms with Crippen LogP contribution < -0.4 is 15.2 Å². The van der Waals surface area contributed by atoms with Crippen molar-refractivity contribution in [1.82, 2.24) is 24.5 Å². The van der Waals surface area contributed by atoms with Crippen LogP contribution in [0.3, 0.4) is 0 Å². The smallest absolute Gasteiger partial charge is 0.355 e. The van der Waals surface area contributed by atoms with Gasteiger partial charge in [-0.3, -0.25) is 14.1 Å². The summed E-state index contributed by atoms with van der Waals surface area (Å²) < 4.78 is 75.3. The molecule has 0 radical (unpaired) electrons. The van der Waals surface area contributed by atoms with Crippen LogP contribution in [0.5, 0.6) is 5.75 Å². The van der Waals surface area contributed by atoms with E-state index in [0.717, 1.165) is 0 Å². The summed E-state index contributed by atoms with van der Waals surface area (Å²) in [6.07, 6.45) is 5.72. The number of ether oxygens (including phenoxy) is 1. The number of nitriles is 1. The first-order valence-electron chi connectivity index (χ1n) is 13.4. The van der Waals surface area contributed by atoms with Crippen LogP contribution in [0.15, 0.2) is 61.1 Å². The molecule has 3 heterocycles. The Balaban J connectivity index is 1.45. The number of hydrogen-bond donors (Lipinski definition) is 2. The maximum atomic E-state index is 13.5. The number of hydrogen-bond acceptors (Lipinski definition) is 8. The second-order valence-electron chi connectivity index (χ2n) is 10.5. The molecule has 15 heteroatoms. The van der Waals surface area contributed by atoms with E-state index in [1.54, 1.807) is 41.9 Å². The SMILES string of the molecule is CC(Oc1cc(-c2nn(C)c3c(-c4cnn(C5(C#N)CC5)c4)cnc(N)c23)ccc1NS(=O)(=O)C(F)F)c1ccc(F)cc1. The predicted octanol–water partition coefficient (Wildman–Crippen LogP) is 5.34. The third kappa shape index (κ3) is 5.06. The molecular weight excluding hydrogens is 597 g/mol. The van der Waals surface area contributed by atoms with Gasteiger partial charge in [-0.25, -0.2) is 17.8 Å². The number of nitrogens with zero attached hydrogens (tertiary/aromatic N) is 6. The van der Waals surface area contributed by atoms with Gasteiger partial charge in [0.2, 0.25) is 0 Å². The lowest BCUT2D eigenvalue weighted by Crippen LogP contribution is -2.21. The highest BCUT2D eigenvalue weighted by molar-refractivity contribution is 7.93. The molecule has 0 saturated heterocycles. The number of nitrogens with two attached hydrogens (primary N) is 1. The number of anilines is 2. The monoisotopic (exact) mass is 622 g/mol. The lowest BCUT2D eigenvalue weighted by atomic mass is 10.0. The van der Waals surface area contributed by atoms with Gasteiger partial charge in [0, 0.05) is 36.1 Å². The minimum atomic E-state index is -5.03. The number of nitrogens with one attached hydrogen (secondary N) is 1. The summed E-state index contributed by atoms with van der Waals surface area (Å²) in [5.74, 6) is -4.04. The molecule has 44 heavy (non-hydrogen) atoms. The normalized spacial score (nSPS) is 14.8. The maximum absolute atomic E-state index is 13.5. The van der Waals surface area contributed by atoms with Crippen molar-refractivity contribution < 1.29 is 26.3 Å². The number of sulfonamides is 1. The molecule has 1 aliphatic carbocycles. The number of aromatic nitrogens is 5. The molecule has 1 atom stereocenters. The molecule has 5 aromatic rings. The number of alkyl halides is 2. The fraction of sp³-hybridized carbons (Fsp3) is 0.241. The number of halogens is 3. The first-order valence-corrected chi connectivity index (χ1v) is 14.9. The molecule has 11 nitrogen and oxygen atoms in total. The summed E-state index contributed by atoms with van der Waals surface area (Å²) in [6.45, 7) is 1.65. The zero-order valence-corrected chi connectivity index (χ0v) is 24.2. The number of rotatable bonds is 9. The molecule has 0 aliphatic heterocycles. The number of nitrogen functional groups attached to an aromatic ring is 1. The number of pyridine rings is 1. The Morgan fingerprint density at radius 3 is 2.52 bits per heavy atom. The number of aryl methyl sites for hydroxylation is 1. The fourth-order valence-electron chi connectivity index (χ4n) is 5.00. The zero-order chi connectivity index (χ0) is 31.4. The Bertz CT molecular complexity index is 2050. The third-order valence-electron chi connectivity index (χ3n) is 7.54. The summed E-state index contributed by atoms with van der Waals surface area (Å²) >= 11 is 0. The Labute approximate surface area is 249 Å². The van der Waals surface area contributed by atoms with Crippen LogP contribution in [0.4, 0.5) is 24.7 Å². The molecule has 1 saturated carbocycles. The highest BCUT2D eigenvalue weighted by Gasteiger charge is 2.46. The Hall–Kier alpha value is -5.10. The molecule has 6 rings (SSSR count). The molecule has 2 aromatic carbocycles. The second-order valence-corrected chi connectivity index (χ2v) is 12.2. The quantitative estimate of drug-likeness (QED) is 0.223. The van der Waals surface area contributed by atoms with Gasteiger partial charge in [-0.1, -0.05) is 18.2 Å². The largest absolute Gasteiger partial charge is 0.484 e. The van der Waals surface area contributed by atoms with Crippen LogP contribution in [-0.2, 0) is 22.6 Å². The highest BCUT2D eigenvalue weighted by atomic mass is 32.2. The van der Waals surface area contributed by atoms with Gasteiger partial charge >= 0.3 is 5.76 Å². The molecule has 0 spiro atoms. The van der Waals surface area contributed by atoms with E-state index in [4.69, 9.17) is 10.5 Å². The Morgan fingerprint density at radius 1 is 1.14 bits per heavy atom. The summed E-state index contributed by atoms with van der Waals surface area (Å²) in [4.78, 5) is 4.38. The topological polar surface area (TPSA) is 154 Å². The summed E-state index contributed by atoms with van der Waals surface area (Å²) in [6, 6.07) is 12.0. The van der Waals surface area contributed by atoms with Crippen molar-refractivity contribution in [2.75, 3.05) is 10.5 Å². The fourth-order valence-corrected chi connectivity index (χ4v) is 5.56. The van der Waals surface area contributed by atoms with Crippen LogP contribution in [-0.4, -0.2) is 38.7 Å². The van der Waals surface area contributed by atoms with Crippen molar-refractivity contribution in [2.24, 2.45) is 7.05 Å². The number of fused-ring (bicyclic) bond motifs is 1. The van der Waals surface area contributed by atoms with Crippen molar-refractivity contribution in [3.63, 3.8) is 0 Å². The van der Waals surface area contributed by atoms with E-state index in [2.05, 4.69) is 21.3 Å². The molecule has 1 aliphatic rings. The lowest BCUT2D eigenvalue weighted by Gasteiger charge is -2.19. The van der Waals surface area contributed by atoms with Crippen LogP contribution in [0, 0.1) is 17.1 Å². The Kier molecular flexibility index (Phi) is 6.96. The molecule has 0 bridgehead atoms. The second kappa shape index (κ2) is 10.6. The summed E-state index contributed by atoms with van der Waals surface area (Å²) in [7, 11) is -3.31. The van der Waals surface area contributed by atoms with E-state index in [9.17, 15) is 26.9 Å². The van der Waals surface area contributed by atoms with E-state index < -0.39 is 33.2 Å².